The molecule has 2 spiro atoms. The topological polar surface area (TPSA) is 152 Å². The van der Waals surface area contributed by atoms with Crippen LogP contribution in [-0.4, -0.2) is 101 Å². The summed E-state index contributed by atoms with van der Waals surface area (Å²) in [5, 5.41) is 22.2. The molecule has 3 aromatic rings. The smallest absolute Gasteiger partial charge is 0.339 e. The zero-order valence-corrected chi connectivity index (χ0v) is 31.3. The molecule has 4 bridgehead atoms. The summed E-state index contributed by atoms with van der Waals surface area (Å²) in [5.41, 5.74) is 2.86. The molecule has 0 radical (unpaired) electrons. The van der Waals surface area contributed by atoms with Crippen molar-refractivity contribution in [1.82, 2.24) is 9.80 Å². The fourth-order valence-corrected chi connectivity index (χ4v) is 13.7. The van der Waals surface area contributed by atoms with Gasteiger partial charge in [0.2, 0.25) is 0 Å². The van der Waals surface area contributed by atoms with Gasteiger partial charge in [0.15, 0.2) is 23.0 Å². The molecule has 10 atom stereocenters. The Kier molecular flexibility index (Phi) is 6.74. The molecular formula is C40H40N2O10S2. The van der Waals surface area contributed by atoms with Gasteiger partial charge in [0.05, 0.1) is 0 Å². The number of ether oxygens (including phenoxy) is 2. The van der Waals surface area contributed by atoms with Crippen molar-refractivity contribution >= 4 is 20.2 Å². The third-order valence-corrected chi connectivity index (χ3v) is 16.5. The van der Waals surface area contributed by atoms with Crippen LogP contribution in [0.3, 0.4) is 0 Å². The molecular weight excluding hydrogens is 733 g/mol. The van der Waals surface area contributed by atoms with Gasteiger partial charge in [-0.05, 0) is 94.3 Å². The number of hydrogen-bond donors (Lipinski definition) is 2. The van der Waals surface area contributed by atoms with Crippen molar-refractivity contribution in [3.8, 4) is 23.0 Å². The molecule has 11 rings (SSSR count). The summed E-state index contributed by atoms with van der Waals surface area (Å²) in [7, 11) is -4.93. The maximum absolute atomic E-state index is 13.9. The first-order valence-corrected chi connectivity index (χ1v) is 21.4. The van der Waals surface area contributed by atoms with Gasteiger partial charge in [-0.3, -0.25) is 0 Å². The van der Waals surface area contributed by atoms with Gasteiger partial charge in [-0.25, -0.2) is 0 Å². The molecule has 4 aliphatic carbocycles. The Labute approximate surface area is 313 Å². The Morgan fingerprint density at radius 1 is 0.667 bits per heavy atom. The summed E-state index contributed by atoms with van der Waals surface area (Å²) in [4.78, 5) is 3.93. The average molecular weight is 773 g/mol. The summed E-state index contributed by atoms with van der Waals surface area (Å²) in [6, 6.07) is 12.3. The van der Waals surface area contributed by atoms with Crippen LogP contribution in [0, 0.1) is 11.8 Å². The molecule has 3 aromatic carbocycles. The van der Waals surface area contributed by atoms with Crippen molar-refractivity contribution in [2.24, 2.45) is 11.8 Å². The Bertz CT molecular complexity index is 2290. The molecule has 14 heteroatoms. The predicted molar refractivity (Wildman–Crippen MR) is 194 cm³/mol. The van der Waals surface area contributed by atoms with Crippen molar-refractivity contribution in [3.63, 3.8) is 0 Å². The van der Waals surface area contributed by atoms with Gasteiger partial charge in [0.1, 0.15) is 34.2 Å². The largest absolute Gasteiger partial charge is 0.482 e. The summed E-state index contributed by atoms with van der Waals surface area (Å²) in [6.45, 7) is 1.62. The van der Waals surface area contributed by atoms with Crippen molar-refractivity contribution in [2.45, 2.75) is 82.8 Å². The predicted octanol–water partition coefficient (Wildman–Crippen LogP) is 2.83. The molecule has 12 nitrogen and oxygen atoms in total. The van der Waals surface area contributed by atoms with Crippen LogP contribution >= 0.6 is 0 Å². The molecule has 4 aliphatic heterocycles. The molecule has 0 amide bonds. The second-order valence-corrected chi connectivity index (χ2v) is 19.5. The zero-order chi connectivity index (χ0) is 37.1. The van der Waals surface area contributed by atoms with Crippen molar-refractivity contribution < 1.29 is 44.9 Å². The molecule has 8 aliphatic rings. The van der Waals surface area contributed by atoms with Gasteiger partial charge >= 0.3 is 20.2 Å². The van der Waals surface area contributed by atoms with E-state index in [-0.39, 0.29) is 45.2 Å². The summed E-state index contributed by atoms with van der Waals surface area (Å²) < 4.78 is 80.2. The minimum absolute atomic E-state index is 0.00780. The fourth-order valence-electron chi connectivity index (χ4n) is 11.7. The van der Waals surface area contributed by atoms with Crippen molar-refractivity contribution in [2.75, 3.05) is 27.2 Å². The maximum Gasteiger partial charge on any atom is 0.339 e. The van der Waals surface area contributed by atoms with Gasteiger partial charge in [-0.1, -0.05) is 42.5 Å². The zero-order valence-electron chi connectivity index (χ0n) is 29.7. The number of likely N-dealkylation sites (N-methyl/N-ethyl adjacent to an activating group) is 2. The van der Waals surface area contributed by atoms with Gasteiger partial charge in [-0.15, -0.1) is 0 Å². The molecule has 2 saturated heterocycles. The molecule has 0 aromatic heterocycles. The van der Waals surface area contributed by atoms with E-state index in [4.69, 9.17) is 17.8 Å². The Hall–Kier alpha value is -3.92. The van der Waals surface area contributed by atoms with Crippen LogP contribution in [0.1, 0.15) is 35.1 Å². The molecule has 2 fully saturated rings. The second-order valence-electron chi connectivity index (χ2n) is 16.4. The highest BCUT2D eigenvalue weighted by molar-refractivity contribution is 7.88. The minimum Gasteiger partial charge on any atom is -0.482 e. The Morgan fingerprint density at radius 2 is 1.11 bits per heavy atom. The van der Waals surface area contributed by atoms with Crippen LogP contribution in [0.5, 0.6) is 23.0 Å². The first kappa shape index (κ1) is 33.4. The lowest BCUT2D eigenvalue weighted by atomic mass is 9.53. The van der Waals surface area contributed by atoms with E-state index >= 15 is 0 Å². The monoisotopic (exact) mass is 772 g/mol. The number of aliphatic hydroxyl groups excluding tert-OH is 2. The van der Waals surface area contributed by atoms with Gasteiger partial charge in [0, 0.05) is 45.9 Å². The van der Waals surface area contributed by atoms with Crippen LogP contribution in [0.25, 0.3) is 0 Å². The van der Waals surface area contributed by atoms with Crippen LogP contribution in [0.2, 0.25) is 0 Å². The normalized spacial score (nSPS) is 36.5. The van der Waals surface area contributed by atoms with E-state index in [1.165, 1.54) is 18.2 Å². The highest BCUT2D eigenvalue weighted by Gasteiger charge is 2.66. The number of nitrogens with zero attached hydrogens (tertiary/aromatic N) is 2. The van der Waals surface area contributed by atoms with E-state index in [0.717, 1.165) is 67.1 Å². The van der Waals surface area contributed by atoms with Crippen LogP contribution in [-0.2, 0) is 43.9 Å². The third kappa shape index (κ3) is 4.16. The lowest BCUT2D eigenvalue weighted by molar-refractivity contribution is -0.0452. The van der Waals surface area contributed by atoms with E-state index in [2.05, 4.69) is 36.0 Å². The van der Waals surface area contributed by atoms with Crippen LogP contribution in [0.4, 0.5) is 0 Å². The maximum atomic E-state index is 13.9. The van der Waals surface area contributed by atoms with Crippen molar-refractivity contribution in [1.29, 1.82) is 0 Å². The quantitative estimate of drug-likeness (QED) is 0.280. The summed E-state index contributed by atoms with van der Waals surface area (Å²) in [6.07, 6.45) is 7.80. The molecule has 282 valence electrons. The third-order valence-electron chi connectivity index (χ3n) is 14.1. The number of benzene rings is 3. The lowest BCUT2D eigenvalue weighted by Crippen LogP contribution is -2.64. The standard InChI is InChI=1S/C40H40N2O10S2/c1-41-16-14-39-25-8-10-29(43)37(39)49-35-31(12-6-21(33(35)39)18-27(25)41)51-53(45,46)23-4-3-5-24(20-23)54(47,48)52-32-13-7-22-19-28-26-9-11-30(44)38-40(26,15-17-42(28)2)34(22)36(32)50-38/h3-13,20,25-30,37-38,43-44H,14-19H2,1-2H3/t25-,26-,27+,28+,29-,30-,37-,38-,39-,40-/m0/s1. The highest BCUT2D eigenvalue weighted by Crippen LogP contribution is 2.64. The first-order valence-electron chi connectivity index (χ1n) is 18.6. The fraction of sp³-hybridized carbons (Fsp3) is 0.450. The summed E-state index contributed by atoms with van der Waals surface area (Å²) >= 11 is 0. The number of piperidine rings is 2. The van der Waals surface area contributed by atoms with E-state index in [0.29, 0.717) is 11.5 Å². The number of likely N-dealkylation sites (tertiary alicyclic amines) is 2. The van der Waals surface area contributed by atoms with E-state index in [1.807, 2.05) is 12.1 Å². The molecule has 0 unspecified atom stereocenters. The van der Waals surface area contributed by atoms with Gasteiger partial charge in [-0.2, -0.15) is 16.8 Å². The number of aliphatic hydroxyl groups is 2. The molecule has 2 N–H and O–H groups in total. The van der Waals surface area contributed by atoms with E-state index in [9.17, 15) is 27.0 Å². The Balaban J connectivity index is 0.917. The second kappa shape index (κ2) is 10.9. The van der Waals surface area contributed by atoms with E-state index < -0.39 is 55.5 Å². The number of rotatable bonds is 6. The van der Waals surface area contributed by atoms with Gasteiger partial charge in [0.25, 0.3) is 0 Å². The van der Waals surface area contributed by atoms with Crippen molar-refractivity contribution in [3.05, 3.63) is 95.1 Å². The van der Waals surface area contributed by atoms with Gasteiger partial charge < -0.3 is 37.9 Å². The molecule has 54 heavy (non-hydrogen) atoms. The molecule has 4 heterocycles. The van der Waals surface area contributed by atoms with E-state index in [1.54, 1.807) is 24.3 Å². The van der Waals surface area contributed by atoms with Crippen LogP contribution < -0.4 is 17.8 Å². The summed E-state index contributed by atoms with van der Waals surface area (Å²) in [5.74, 6) is 0.788. The SMILES string of the molecule is CN1CC[C@]23c4c5ccc(OS(=O)(=O)c6cccc(S(=O)(=O)Oc7ccc8c9c7O[C@H]7[C@@H](O)C=C[C@H]%10[C@@H](C8)N(C)CC[C@@]9%107)c6)c4O[C@H]2[C@@H](O)C=C[C@H]3[C@H]1C5. The number of hydrogen-bond acceptors (Lipinski definition) is 12. The molecule has 0 saturated carbocycles. The first-order chi connectivity index (χ1) is 25.8. The minimum atomic E-state index is -4.58. The average Bonchev–Trinajstić information content (AvgIpc) is 3.69. The Morgan fingerprint density at radius 3 is 1.56 bits per heavy atom. The van der Waals surface area contributed by atoms with Crippen LogP contribution in [0.15, 0.2) is 82.6 Å². The highest BCUT2D eigenvalue weighted by atomic mass is 32.2. The lowest BCUT2D eigenvalue weighted by Gasteiger charge is -2.56.